The molecule has 0 atom stereocenters. The number of ether oxygens (including phenoxy) is 1. The van der Waals surface area contributed by atoms with Crippen molar-refractivity contribution in [1.82, 2.24) is 25.5 Å². The predicted molar refractivity (Wildman–Crippen MR) is 71.4 cm³/mol. The summed E-state index contributed by atoms with van der Waals surface area (Å²) in [5.74, 6) is 0.761. The van der Waals surface area contributed by atoms with Crippen molar-refractivity contribution < 1.29 is 4.74 Å². The van der Waals surface area contributed by atoms with Gasteiger partial charge in [0.15, 0.2) is 0 Å². The molecule has 0 aliphatic carbocycles. The van der Waals surface area contributed by atoms with Gasteiger partial charge in [-0.3, -0.25) is 0 Å². The van der Waals surface area contributed by atoms with Crippen LogP contribution in [0.25, 0.3) is 0 Å². The monoisotopic (exact) mass is 321 g/mol. The summed E-state index contributed by atoms with van der Waals surface area (Å²) in [6.07, 6.45) is 0. The maximum absolute atomic E-state index is 4.94. The Morgan fingerprint density at radius 1 is 1.59 bits per heavy atom. The van der Waals surface area contributed by atoms with Crippen LogP contribution >= 0.6 is 27.7 Å². The summed E-state index contributed by atoms with van der Waals surface area (Å²) in [5.41, 5.74) is 0. The molecule has 0 aliphatic rings. The number of nitrogens with zero attached hydrogens (tertiary/aromatic N) is 4. The van der Waals surface area contributed by atoms with Gasteiger partial charge in [-0.2, -0.15) is 0 Å². The van der Waals surface area contributed by atoms with E-state index in [0.29, 0.717) is 6.61 Å². The van der Waals surface area contributed by atoms with Crippen LogP contribution in [0.2, 0.25) is 0 Å². The van der Waals surface area contributed by atoms with E-state index in [0.717, 1.165) is 35.0 Å². The van der Waals surface area contributed by atoms with Crippen LogP contribution in [0.1, 0.15) is 0 Å². The molecular weight excluding hydrogens is 306 g/mol. The Morgan fingerprint density at radius 3 is 3.12 bits per heavy atom. The molecule has 6 nitrogen and oxygen atoms in total. The van der Waals surface area contributed by atoms with Crippen LogP contribution in [0, 0.1) is 0 Å². The molecule has 0 radical (unpaired) electrons. The zero-order valence-electron chi connectivity index (χ0n) is 9.73. The molecule has 17 heavy (non-hydrogen) atoms. The highest BCUT2D eigenvalue weighted by Gasteiger charge is 2.06. The van der Waals surface area contributed by atoms with Crippen LogP contribution in [0.3, 0.4) is 0 Å². The molecule has 0 saturated carbocycles. The van der Waals surface area contributed by atoms with Gasteiger partial charge in [0.25, 0.3) is 0 Å². The Kier molecular flexibility index (Phi) is 7.41. The molecule has 1 aromatic heterocycles. The molecule has 0 bridgehead atoms. The first-order valence-electron chi connectivity index (χ1n) is 5.16. The second-order valence-corrected chi connectivity index (χ2v) is 5.30. The first-order valence-corrected chi connectivity index (χ1v) is 6.93. The van der Waals surface area contributed by atoms with Gasteiger partial charge < -0.3 is 10.1 Å². The van der Waals surface area contributed by atoms with Crippen molar-refractivity contribution in [2.24, 2.45) is 0 Å². The Morgan fingerprint density at radius 2 is 2.41 bits per heavy atom. The molecule has 8 heteroatoms. The smallest absolute Gasteiger partial charge is 0.209 e. The van der Waals surface area contributed by atoms with Crippen LogP contribution in [0.5, 0.6) is 0 Å². The van der Waals surface area contributed by atoms with E-state index in [4.69, 9.17) is 4.74 Å². The van der Waals surface area contributed by atoms with Crippen molar-refractivity contribution in [3.63, 3.8) is 0 Å². The minimum absolute atomic E-state index is 0.709. The lowest BCUT2D eigenvalue weighted by Gasteiger charge is -2.05. The average Bonchev–Trinajstić information content (AvgIpc) is 2.73. The summed E-state index contributed by atoms with van der Waals surface area (Å²) < 4.78 is 7.64. The van der Waals surface area contributed by atoms with E-state index in [1.54, 1.807) is 23.6 Å². The molecular formula is C9H16BrN5OS. The third kappa shape index (κ3) is 6.16. The molecule has 1 aromatic rings. The van der Waals surface area contributed by atoms with E-state index < -0.39 is 0 Å². The van der Waals surface area contributed by atoms with Crippen LogP contribution in [-0.4, -0.2) is 52.8 Å². The second kappa shape index (κ2) is 8.62. The van der Waals surface area contributed by atoms with Gasteiger partial charge in [-0.05, 0) is 14.9 Å². The van der Waals surface area contributed by atoms with Crippen LogP contribution in [0.15, 0.2) is 16.2 Å². The summed E-state index contributed by atoms with van der Waals surface area (Å²) in [6.45, 7) is 6.87. The summed E-state index contributed by atoms with van der Waals surface area (Å²) >= 11 is 4.86. The number of hydrogen-bond donors (Lipinski definition) is 1. The Labute approximate surface area is 113 Å². The van der Waals surface area contributed by atoms with Gasteiger partial charge in [-0.15, -0.1) is 5.10 Å². The molecule has 0 amide bonds. The van der Waals surface area contributed by atoms with Gasteiger partial charge in [0, 0.05) is 26.0 Å². The normalized spacial score (nSPS) is 10.7. The zero-order chi connectivity index (χ0) is 12.5. The van der Waals surface area contributed by atoms with E-state index in [2.05, 4.69) is 43.4 Å². The number of methoxy groups -OCH3 is 1. The van der Waals surface area contributed by atoms with E-state index in [-0.39, 0.29) is 0 Å². The zero-order valence-corrected chi connectivity index (χ0v) is 12.1. The molecule has 1 N–H and O–H groups in total. The maximum atomic E-state index is 4.94. The lowest BCUT2D eigenvalue weighted by molar-refractivity contribution is 0.199. The lowest BCUT2D eigenvalue weighted by Crippen LogP contribution is -2.24. The summed E-state index contributed by atoms with van der Waals surface area (Å²) in [5, 5.41) is 15.6. The quantitative estimate of drug-likeness (QED) is 0.539. The van der Waals surface area contributed by atoms with Crippen molar-refractivity contribution in [2.45, 2.75) is 11.7 Å². The average molecular weight is 322 g/mol. The number of rotatable bonds is 9. The van der Waals surface area contributed by atoms with E-state index in [1.165, 1.54) is 0 Å². The fourth-order valence-electron chi connectivity index (χ4n) is 1.07. The second-order valence-electron chi connectivity index (χ2n) is 3.23. The van der Waals surface area contributed by atoms with E-state index in [9.17, 15) is 0 Å². The summed E-state index contributed by atoms with van der Waals surface area (Å²) in [7, 11) is 1.69. The number of halogens is 1. The van der Waals surface area contributed by atoms with Crippen LogP contribution in [0.4, 0.5) is 0 Å². The topological polar surface area (TPSA) is 64.9 Å². The van der Waals surface area contributed by atoms with Gasteiger partial charge >= 0.3 is 0 Å². The minimum Gasteiger partial charge on any atom is -0.383 e. The standard InChI is InChI=1S/C9H16BrN5OS/c1-8(10)7-17-9-12-13-14-15(9)5-3-11-4-6-16-2/h11H,1,3-7H2,2H3. The van der Waals surface area contributed by atoms with E-state index >= 15 is 0 Å². The predicted octanol–water partition coefficient (Wildman–Crippen LogP) is 0.910. The van der Waals surface area contributed by atoms with Crippen LogP contribution in [-0.2, 0) is 11.3 Å². The van der Waals surface area contributed by atoms with Crippen molar-refractivity contribution in [3.8, 4) is 0 Å². The molecule has 0 saturated heterocycles. The SMILES string of the molecule is C=C(Br)CSc1nnnn1CCNCCOC. The highest BCUT2D eigenvalue weighted by molar-refractivity contribution is 9.11. The Bertz CT molecular complexity index is 346. The summed E-state index contributed by atoms with van der Waals surface area (Å²) in [6, 6.07) is 0. The Balaban J connectivity index is 2.27. The number of tetrazole rings is 1. The van der Waals surface area contributed by atoms with Crippen molar-refractivity contribution in [3.05, 3.63) is 11.1 Å². The highest BCUT2D eigenvalue weighted by atomic mass is 79.9. The first kappa shape index (κ1) is 14.6. The van der Waals surface area contributed by atoms with Gasteiger partial charge in [-0.25, -0.2) is 4.68 Å². The molecule has 0 aliphatic heterocycles. The van der Waals surface area contributed by atoms with Crippen molar-refractivity contribution in [1.29, 1.82) is 0 Å². The van der Waals surface area contributed by atoms with Crippen molar-refractivity contribution >= 4 is 27.7 Å². The third-order valence-electron chi connectivity index (χ3n) is 1.84. The molecule has 0 fully saturated rings. The molecule has 1 heterocycles. The maximum Gasteiger partial charge on any atom is 0.209 e. The van der Waals surface area contributed by atoms with E-state index in [1.807, 2.05) is 0 Å². The largest absolute Gasteiger partial charge is 0.383 e. The molecule has 0 unspecified atom stereocenters. The number of thioether (sulfide) groups is 1. The van der Waals surface area contributed by atoms with Gasteiger partial charge in [0.2, 0.25) is 5.16 Å². The van der Waals surface area contributed by atoms with Crippen LogP contribution < -0.4 is 5.32 Å². The number of hydrogen-bond acceptors (Lipinski definition) is 6. The fourth-order valence-corrected chi connectivity index (χ4v) is 2.07. The van der Waals surface area contributed by atoms with Crippen molar-refractivity contribution in [2.75, 3.05) is 32.6 Å². The van der Waals surface area contributed by atoms with Gasteiger partial charge in [0.05, 0.1) is 13.2 Å². The minimum atomic E-state index is 0.709. The van der Waals surface area contributed by atoms with Gasteiger partial charge in [-0.1, -0.05) is 34.3 Å². The first-order chi connectivity index (χ1) is 8.24. The molecule has 1 rings (SSSR count). The lowest BCUT2D eigenvalue weighted by atomic mass is 10.6. The Hall–Kier alpha value is -0.440. The number of aromatic nitrogens is 4. The molecule has 96 valence electrons. The highest BCUT2D eigenvalue weighted by Crippen LogP contribution is 2.18. The molecule has 0 aromatic carbocycles. The molecule has 0 spiro atoms. The number of nitrogens with one attached hydrogen (secondary N) is 1. The third-order valence-corrected chi connectivity index (χ3v) is 3.54. The summed E-state index contributed by atoms with van der Waals surface area (Å²) in [4.78, 5) is 0. The van der Waals surface area contributed by atoms with Gasteiger partial charge in [0.1, 0.15) is 0 Å². The fraction of sp³-hybridized carbons (Fsp3) is 0.667.